The number of benzene rings is 3. The summed E-state index contributed by atoms with van der Waals surface area (Å²) in [7, 11) is 0. The summed E-state index contributed by atoms with van der Waals surface area (Å²) in [5, 5.41) is 34.3. The van der Waals surface area contributed by atoms with Crippen LogP contribution in [-0.2, 0) is 57.6 Å². The zero-order chi connectivity index (χ0) is 33.5. The van der Waals surface area contributed by atoms with Crippen molar-refractivity contribution in [1.82, 2.24) is 5.32 Å². The Morgan fingerprint density at radius 1 is 0.771 bits per heavy atom. The van der Waals surface area contributed by atoms with Gasteiger partial charge in [0.2, 0.25) is 5.91 Å². The Kier molecular flexibility index (Phi) is 11.8. The quantitative estimate of drug-likeness (QED) is 0.224. The smallest absolute Gasteiger partial charge is 0.217 e. The maximum Gasteiger partial charge on any atom is 0.217 e. The van der Waals surface area contributed by atoms with E-state index in [0.29, 0.717) is 6.42 Å². The first-order valence-electron chi connectivity index (χ1n) is 16.2. The van der Waals surface area contributed by atoms with Crippen molar-refractivity contribution in [3.8, 4) is 0 Å². The van der Waals surface area contributed by atoms with Gasteiger partial charge in [-0.2, -0.15) is 0 Å². The third-order valence-electron chi connectivity index (χ3n) is 8.68. The normalized spacial score (nSPS) is 33.5. The molecule has 3 fully saturated rings. The van der Waals surface area contributed by atoms with E-state index in [2.05, 4.69) is 5.32 Å². The Labute approximate surface area is 279 Å². The van der Waals surface area contributed by atoms with Crippen molar-refractivity contribution < 1.29 is 53.3 Å². The van der Waals surface area contributed by atoms with E-state index in [0.717, 1.165) is 16.7 Å². The molecule has 3 heterocycles. The number of carbonyl (C=O) groups excluding carboxylic acids is 1. The zero-order valence-electron chi connectivity index (χ0n) is 26.7. The van der Waals surface area contributed by atoms with Crippen molar-refractivity contribution >= 4 is 5.91 Å². The van der Waals surface area contributed by atoms with Crippen molar-refractivity contribution in [2.75, 3.05) is 13.2 Å². The monoisotopic (exact) mass is 665 g/mol. The maximum absolute atomic E-state index is 12.2. The van der Waals surface area contributed by atoms with Crippen LogP contribution < -0.4 is 5.32 Å². The number of aliphatic hydroxyl groups is 3. The van der Waals surface area contributed by atoms with Gasteiger partial charge in [0.25, 0.3) is 0 Å². The first kappa shape index (κ1) is 34.6. The van der Waals surface area contributed by atoms with Gasteiger partial charge in [-0.3, -0.25) is 4.79 Å². The Bertz CT molecular complexity index is 1420. The lowest BCUT2D eigenvalue weighted by Gasteiger charge is -2.51. The molecule has 1 unspecified atom stereocenters. The number of carbonyl (C=O) groups is 1. The minimum absolute atomic E-state index is 0.167. The summed E-state index contributed by atoms with van der Waals surface area (Å²) in [5.74, 6) is -0.470. The molecule has 0 aromatic heterocycles. The highest BCUT2D eigenvalue weighted by molar-refractivity contribution is 5.73. The molecule has 3 aliphatic heterocycles. The Morgan fingerprint density at radius 3 is 1.98 bits per heavy atom. The number of nitrogens with one attached hydrogen (secondary N) is 1. The molecule has 3 saturated heterocycles. The van der Waals surface area contributed by atoms with E-state index in [1.165, 1.54) is 6.92 Å². The van der Waals surface area contributed by atoms with E-state index in [-0.39, 0.29) is 19.8 Å². The molecule has 1 amide bonds. The highest BCUT2D eigenvalue weighted by Gasteiger charge is 2.55. The maximum atomic E-state index is 12.2. The summed E-state index contributed by atoms with van der Waals surface area (Å²) in [6.07, 6.45) is -9.86. The van der Waals surface area contributed by atoms with Crippen LogP contribution in [0.3, 0.4) is 0 Å². The van der Waals surface area contributed by atoms with Crippen molar-refractivity contribution in [2.24, 2.45) is 0 Å². The topological polar surface area (TPSA) is 154 Å². The van der Waals surface area contributed by atoms with E-state index < -0.39 is 80.2 Å². The van der Waals surface area contributed by atoms with Crippen molar-refractivity contribution in [3.63, 3.8) is 0 Å². The van der Waals surface area contributed by atoms with Gasteiger partial charge in [-0.05, 0) is 16.7 Å². The third-order valence-corrected chi connectivity index (χ3v) is 8.68. The van der Waals surface area contributed by atoms with Gasteiger partial charge in [0.15, 0.2) is 18.9 Å². The molecule has 258 valence electrons. The van der Waals surface area contributed by atoms with Gasteiger partial charge in [0.1, 0.15) is 48.8 Å². The van der Waals surface area contributed by atoms with Gasteiger partial charge in [-0.15, -0.1) is 0 Å². The molecule has 12 heteroatoms. The number of aliphatic hydroxyl groups excluding tert-OH is 3. The minimum atomic E-state index is -1.50. The second-order valence-electron chi connectivity index (χ2n) is 12.2. The largest absolute Gasteiger partial charge is 0.394 e. The molecule has 11 atom stereocenters. The van der Waals surface area contributed by atoms with Crippen LogP contribution >= 0.6 is 0 Å². The number of amides is 1. The van der Waals surface area contributed by atoms with Gasteiger partial charge >= 0.3 is 0 Å². The number of fused-ring (bicyclic) bond motifs is 1. The molecule has 0 spiro atoms. The molecule has 0 radical (unpaired) electrons. The van der Waals surface area contributed by atoms with Gasteiger partial charge < -0.3 is 53.8 Å². The van der Waals surface area contributed by atoms with E-state index >= 15 is 0 Å². The van der Waals surface area contributed by atoms with E-state index in [9.17, 15) is 20.1 Å². The summed E-state index contributed by atoms with van der Waals surface area (Å²) in [6.45, 7) is 1.26. The molecule has 12 nitrogen and oxygen atoms in total. The first-order chi connectivity index (χ1) is 23.4. The molecule has 4 N–H and O–H groups in total. The van der Waals surface area contributed by atoms with E-state index in [1.54, 1.807) is 0 Å². The predicted octanol–water partition coefficient (Wildman–Crippen LogP) is 1.83. The molecular formula is C36H43NO11. The summed E-state index contributed by atoms with van der Waals surface area (Å²) in [6, 6.07) is 27.9. The lowest BCUT2D eigenvalue weighted by Crippen LogP contribution is -2.69. The van der Waals surface area contributed by atoms with Crippen LogP contribution in [0.2, 0.25) is 0 Å². The van der Waals surface area contributed by atoms with Crippen LogP contribution in [0.5, 0.6) is 0 Å². The zero-order valence-corrected chi connectivity index (χ0v) is 26.7. The second-order valence-corrected chi connectivity index (χ2v) is 12.2. The molecule has 48 heavy (non-hydrogen) atoms. The lowest BCUT2D eigenvalue weighted by atomic mass is 9.94. The van der Waals surface area contributed by atoms with Gasteiger partial charge in [0.05, 0.1) is 26.4 Å². The second kappa shape index (κ2) is 16.4. The first-order valence-corrected chi connectivity index (χ1v) is 16.2. The highest BCUT2D eigenvalue weighted by Crippen LogP contribution is 2.36. The van der Waals surface area contributed by atoms with Crippen LogP contribution in [0.15, 0.2) is 91.0 Å². The van der Waals surface area contributed by atoms with Gasteiger partial charge in [-0.1, -0.05) is 91.0 Å². The molecule has 0 aliphatic carbocycles. The fourth-order valence-corrected chi connectivity index (χ4v) is 6.23. The van der Waals surface area contributed by atoms with Gasteiger partial charge in [0, 0.05) is 13.3 Å². The molecular weight excluding hydrogens is 622 g/mol. The van der Waals surface area contributed by atoms with Crippen molar-refractivity contribution in [1.29, 1.82) is 0 Å². The molecule has 3 aromatic rings. The van der Waals surface area contributed by atoms with Crippen molar-refractivity contribution in [2.45, 2.75) is 94.2 Å². The summed E-state index contributed by atoms with van der Waals surface area (Å²) < 4.78 is 44.7. The Morgan fingerprint density at radius 2 is 1.38 bits per heavy atom. The number of ether oxygens (including phenoxy) is 7. The Hall–Kier alpha value is -3.27. The summed E-state index contributed by atoms with van der Waals surface area (Å²) in [4.78, 5) is 12.2. The molecule has 3 aliphatic rings. The average Bonchev–Trinajstić information content (AvgIpc) is 3.11. The number of rotatable bonds is 12. The van der Waals surface area contributed by atoms with Crippen molar-refractivity contribution in [3.05, 3.63) is 108 Å². The molecule has 6 rings (SSSR count). The van der Waals surface area contributed by atoms with E-state index in [4.69, 9.17) is 33.2 Å². The Balaban J connectivity index is 1.32. The fraction of sp³-hybridized carbons (Fsp3) is 0.472. The van der Waals surface area contributed by atoms with Crippen LogP contribution in [0.4, 0.5) is 0 Å². The van der Waals surface area contributed by atoms with Crippen LogP contribution in [0.25, 0.3) is 0 Å². The standard InChI is InChI=1S/C36H43NO11/c1-22(39)37-29-31(41)30(40)26(18-38)45-35(29)48-33-32-27(21-42-28(47-32)17-23-11-5-2-6-12-23)46-36(44-20-25-15-9-4-10-16-25)34(33)43-19-24-13-7-3-8-14-24/h2-16,26-36,38,40-41H,17-21H2,1H3,(H,37,39)/t26-,27-,28?,29-,30-,31-,32-,33+,34+,35+,36+/m1/s1. The highest BCUT2D eigenvalue weighted by atomic mass is 16.8. The van der Waals surface area contributed by atoms with E-state index in [1.807, 2.05) is 91.0 Å². The van der Waals surface area contributed by atoms with Crippen LogP contribution in [0, 0.1) is 0 Å². The molecule has 0 bridgehead atoms. The van der Waals surface area contributed by atoms with Gasteiger partial charge in [-0.25, -0.2) is 0 Å². The number of hydrogen-bond donors (Lipinski definition) is 4. The summed E-state index contributed by atoms with van der Waals surface area (Å²) >= 11 is 0. The molecule has 3 aromatic carbocycles. The molecule has 0 saturated carbocycles. The minimum Gasteiger partial charge on any atom is -0.394 e. The lowest BCUT2D eigenvalue weighted by molar-refractivity contribution is -0.390. The fourth-order valence-electron chi connectivity index (χ4n) is 6.23. The number of hydrogen-bond acceptors (Lipinski definition) is 11. The summed E-state index contributed by atoms with van der Waals surface area (Å²) in [5.41, 5.74) is 2.84. The van der Waals surface area contributed by atoms with Crippen LogP contribution in [0.1, 0.15) is 23.6 Å². The van der Waals surface area contributed by atoms with Crippen LogP contribution in [-0.4, -0.2) is 102 Å². The SMILES string of the molecule is CC(=O)N[C@H]1[C@H](O[C@@H]2[C@H](OCc3ccccc3)[C@@H](OCc3ccccc3)O[C@@H]3COC(Cc4ccccc4)O[C@@H]23)O[C@H](CO)[C@@H](O)[C@@H]1O. The third kappa shape index (κ3) is 8.47. The predicted molar refractivity (Wildman–Crippen MR) is 170 cm³/mol. The average molecular weight is 666 g/mol.